The highest BCUT2D eigenvalue weighted by Gasteiger charge is 2.18. The molecule has 2 N–H and O–H groups in total. The van der Waals surface area contributed by atoms with Crippen LogP contribution in [0.25, 0.3) is 0 Å². The molecule has 0 aliphatic heterocycles. The Balaban J connectivity index is 3.82. The van der Waals surface area contributed by atoms with Gasteiger partial charge in [0.25, 0.3) is 0 Å². The van der Waals surface area contributed by atoms with E-state index in [1.807, 2.05) is 38.2 Å². The fourth-order valence-electron chi connectivity index (χ4n) is 1.36. The second kappa shape index (κ2) is 11.7. The van der Waals surface area contributed by atoms with E-state index in [1.165, 1.54) is 0 Å². The maximum absolute atomic E-state index is 9.72. The van der Waals surface area contributed by atoms with E-state index in [2.05, 4.69) is 0 Å². The summed E-state index contributed by atoms with van der Waals surface area (Å²) in [6.45, 7) is 3.98. The SMILES string of the molecule is CC=CCC(Cl)C(O)COCC(O)C(Cl)CC=CC. The highest BCUT2D eigenvalue weighted by atomic mass is 35.5. The van der Waals surface area contributed by atoms with Crippen molar-refractivity contribution in [1.82, 2.24) is 0 Å². The molecular weight excluding hydrogens is 287 g/mol. The van der Waals surface area contributed by atoms with E-state index in [4.69, 9.17) is 27.9 Å². The van der Waals surface area contributed by atoms with Gasteiger partial charge in [-0.1, -0.05) is 24.3 Å². The number of alkyl halides is 2. The molecule has 0 radical (unpaired) electrons. The van der Waals surface area contributed by atoms with Crippen LogP contribution in [0.15, 0.2) is 24.3 Å². The number of aliphatic hydroxyl groups is 2. The van der Waals surface area contributed by atoms with Gasteiger partial charge < -0.3 is 14.9 Å². The van der Waals surface area contributed by atoms with Gasteiger partial charge in [-0.3, -0.25) is 0 Å². The molecule has 0 rings (SSSR count). The molecule has 112 valence electrons. The van der Waals surface area contributed by atoms with Crippen LogP contribution in [0, 0.1) is 0 Å². The normalized spacial score (nSPS) is 18.8. The molecule has 0 aromatic carbocycles. The molecule has 0 aromatic heterocycles. The van der Waals surface area contributed by atoms with Crippen molar-refractivity contribution in [2.24, 2.45) is 0 Å². The maximum Gasteiger partial charge on any atom is 0.0939 e. The molecule has 0 amide bonds. The van der Waals surface area contributed by atoms with Crippen LogP contribution in [-0.4, -0.2) is 46.4 Å². The maximum atomic E-state index is 9.72. The van der Waals surface area contributed by atoms with Crippen LogP contribution < -0.4 is 0 Å². The third kappa shape index (κ3) is 9.47. The van der Waals surface area contributed by atoms with Gasteiger partial charge in [0, 0.05) is 0 Å². The van der Waals surface area contributed by atoms with Gasteiger partial charge in [0.1, 0.15) is 0 Å². The van der Waals surface area contributed by atoms with E-state index >= 15 is 0 Å². The predicted molar refractivity (Wildman–Crippen MR) is 81.0 cm³/mol. The van der Waals surface area contributed by atoms with E-state index in [-0.39, 0.29) is 24.0 Å². The zero-order valence-corrected chi connectivity index (χ0v) is 13.0. The number of rotatable bonds is 10. The number of allylic oxidation sites excluding steroid dienone is 4. The summed E-state index contributed by atoms with van der Waals surface area (Å²) in [4.78, 5) is 0. The molecule has 0 aliphatic carbocycles. The summed E-state index contributed by atoms with van der Waals surface area (Å²) in [6, 6.07) is 0. The van der Waals surface area contributed by atoms with Crippen LogP contribution in [-0.2, 0) is 4.74 Å². The standard InChI is InChI=1S/C14H24Cl2O3/c1-3-5-7-11(15)13(17)9-19-10-14(18)12(16)8-6-4-2/h3-6,11-14,17-18H,7-10H2,1-2H3. The molecule has 4 unspecified atom stereocenters. The first-order valence-electron chi connectivity index (χ1n) is 6.47. The molecule has 5 heteroatoms. The van der Waals surface area contributed by atoms with Crippen LogP contribution in [0.3, 0.4) is 0 Å². The van der Waals surface area contributed by atoms with Crippen molar-refractivity contribution in [2.75, 3.05) is 13.2 Å². The van der Waals surface area contributed by atoms with E-state index < -0.39 is 12.2 Å². The lowest BCUT2D eigenvalue weighted by molar-refractivity contribution is -0.00883. The van der Waals surface area contributed by atoms with Crippen molar-refractivity contribution in [3.05, 3.63) is 24.3 Å². The molecule has 0 heterocycles. The van der Waals surface area contributed by atoms with Crippen molar-refractivity contribution in [3.8, 4) is 0 Å². The van der Waals surface area contributed by atoms with Crippen molar-refractivity contribution >= 4 is 23.2 Å². The van der Waals surface area contributed by atoms with Gasteiger partial charge in [0.2, 0.25) is 0 Å². The molecule has 19 heavy (non-hydrogen) atoms. The molecule has 0 aliphatic rings. The highest BCUT2D eigenvalue weighted by Crippen LogP contribution is 2.12. The fourth-order valence-corrected chi connectivity index (χ4v) is 1.72. The van der Waals surface area contributed by atoms with Gasteiger partial charge in [0.05, 0.1) is 36.2 Å². The smallest absolute Gasteiger partial charge is 0.0939 e. The largest absolute Gasteiger partial charge is 0.389 e. The molecular formula is C14H24Cl2O3. The van der Waals surface area contributed by atoms with Gasteiger partial charge in [-0.2, -0.15) is 0 Å². The summed E-state index contributed by atoms with van der Waals surface area (Å²) in [5.74, 6) is 0. The number of hydrogen-bond acceptors (Lipinski definition) is 3. The average molecular weight is 311 g/mol. The Labute approximate surface area is 125 Å². The summed E-state index contributed by atoms with van der Waals surface area (Å²) >= 11 is 12.0. The van der Waals surface area contributed by atoms with Gasteiger partial charge in [0.15, 0.2) is 0 Å². The number of ether oxygens (including phenoxy) is 1. The monoisotopic (exact) mass is 310 g/mol. The average Bonchev–Trinajstić information content (AvgIpc) is 2.41. The molecule has 0 saturated carbocycles. The predicted octanol–water partition coefficient (Wildman–Crippen LogP) is 2.87. The van der Waals surface area contributed by atoms with Crippen molar-refractivity contribution < 1.29 is 14.9 Å². The first kappa shape index (κ1) is 18.9. The van der Waals surface area contributed by atoms with Gasteiger partial charge in [-0.25, -0.2) is 0 Å². The van der Waals surface area contributed by atoms with E-state index in [9.17, 15) is 10.2 Å². The first-order chi connectivity index (χ1) is 9.02. The minimum atomic E-state index is -0.755. The van der Waals surface area contributed by atoms with Crippen LogP contribution >= 0.6 is 23.2 Å². The van der Waals surface area contributed by atoms with Gasteiger partial charge in [-0.15, -0.1) is 23.2 Å². The van der Waals surface area contributed by atoms with Crippen LogP contribution in [0.5, 0.6) is 0 Å². The Morgan fingerprint density at radius 3 is 1.58 bits per heavy atom. The summed E-state index contributed by atoms with van der Waals surface area (Å²) < 4.78 is 5.24. The summed E-state index contributed by atoms with van der Waals surface area (Å²) in [5, 5.41) is 18.7. The number of hydrogen-bond donors (Lipinski definition) is 2. The Bertz CT molecular complexity index is 243. The lowest BCUT2D eigenvalue weighted by Crippen LogP contribution is -2.31. The van der Waals surface area contributed by atoms with Crippen LogP contribution in [0.4, 0.5) is 0 Å². The minimum Gasteiger partial charge on any atom is -0.389 e. The molecule has 0 fully saturated rings. The first-order valence-corrected chi connectivity index (χ1v) is 7.34. The quantitative estimate of drug-likeness (QED) is 0.482. The third-order valence-corrected chi connectivity index (χ3v) is 3.54. The van der Waals surface area contributed by atoms with Crippen LogP contribution in [0.1, 0.15) is 26.7 Å². The van der Waals surface area contributed by atoms with E-state index in [0.717, 1.165) is 0 Å². The highest BCUT2D eigenvalue weighted by molar-refractivity contribution is 6.21. The summed E-state index contributed by atoms with van der Waals surface area (Å²) in [7, 11) is 0. The second-order valence-corrected chi connectivity index (χ2v) is 5.43. The zero-order valence-electron chi connectivity index (χ0n) is 11.5. The topological polar surface area (TPSA) is 49.7 Å². The molecule has 4 atom stereocenters. The van der Waals surface area contributed by atoms with Gasteiger partial charge >= 0.3 is 0 Å². The molecule has 0 aromatic rings. The zero-order chi connectivity index (χ0) is 14.7. The van der Waals surface area contributed by atoms with Gasteiger partial charge in [-0.05, 0) is 26.7 Å². The molecule has 0 spiro atoms. The van der Waals surface area contributed by atoms with E-state index in [0.29, 0.717) is 12.8 Å². The number of aliphatic hydroxyl groups excluding tert-OH is 2. The van der Waals surface area contributed by atoms with Crippen molar-refractivity contribution in [1.29, 1.82) is 0 Å². The number of halogens is 2. The van der Waals surface area contributed by atoms with Crippen molar-refractivity contribution in [3.63, 3.8) is 0 Å². The Morgan fingerprint density at radius 1 is 0.895 bits per heavy atom. The molecule has 0 saturated heterocycles. The lowest BCUT2D eigenvalue weighted by Gasteiger charge is -2.19. The Morgan fingerprint density at radius 2 is 1.26 bits per heavy atom. The Kier molecular flexibility index (Phi) is 11.7. The molecule has 0 bridgehead atoms. The van der Waals surface area contributed by atoms with E-state index in [1.54, 1.807) is 0 Å². The summed E-state index contributed by atoms with van der Waals surface area (Å²) in [5.41, 5.74) is 0. The lowest BCUT2D eigenvalue weighted by atomic mass is 10.2. The van der Waals surface area contributed by atoms with Crippen molar-refractivity contribution in [2.45, 2.75) is 49.7 Å². The Hall–Kier alpha value is -0.0600. The second-order valence-electron chi connectivity index (χ2n) is 4.31. The fraction of sp³-hybridized carbons (Fsp3) is 0.714. The van der Waals surface area contributed by atoms with Crippen LogP contribution in [0.2, 0.25) is 0 Å². The minimum absolute atomic E-state index is 0.0933. The molecule has 3 nitrogen and oxygen atoms in total. The summed E-state index contributed by atoms with van der Waals surface area (Å²) in [6.07, 6.45) is 7.21. The third-order valence-electron chi connectivity index (χ3n) is 2.61.